The highest BCUT2D eigenvalue weighted by Crippen LogP contribution is 2.26. The van der Waals surface area contributed by atoms with Crippen LogP contribution >= 0.6 is 11.3 Å². The van der Waals surface area contributed by atoms with Gasteiger partial charge in [0.25, 0.3) is 0 Å². The molecule has 22 heavy (non-hydrogen) atoms. The summed E-state index contributed by atoms with van der Waals surface area (Å²) >= 11 is 1.53. The zero-order chi connectivity index (χ0) is 15.6. The molecule has 0 fully saturated rings. The van der Waals surface area contributed by atoms with Crippen molar-refractivity contribution in [3.8, 4) is 5.75 Å². The number of alkyl halides is 3. The van der Waals surface area contributed by atoms with Crippen molar-refractivity contribution in [2.45, 2.75) is 12.9 Å². The number of hydrogen-bond acceptors (Lipinski definition) is 5. The van der Waals surface area contributed by atoms with Crippen LogP contribution in [0.25, 0.3) is 10.2 Å². The summed E-state index contributed by atoms with van der Waals surface area (Å²) in [6, 6.07) is 7.61. The zero-order valence-corrected chi connectivity index (χ0v) is 11.9. The van der Waals surface area contributed by atoms with Gasteiger partial charge in [-0.3, -0.25) is 0 Å². The molecule has 0 atom stereocenters. The van der Waals surface area contributed by atoms with Crippen LogP contribution in [0, 0.1) is 0 Å². The van der Waals surface area contributed by atoms with Crippen LogP contribution in [0.4, 0.5) is 19.0 Å². The van der Waals surface area contributed by atoms with Crippen molar-refractivity contribution in [3.05, 3.63) is 47.6 Å². The number of hydrogen-bond donors (Lipinski definition) is 1. The number of thiophene rings is 1. The first-order valence-corrected chi connectivity index (χ1v) is 7.16. The first-order valence-electron chi connectivity index (χ1n) is 6.28. The molecule has 0 unspecified atom stereocenters. The van der Waals surface area contributed by atoms with Gasteiger partial charge in [0.1, 0.15) is 17.9 Å². The highest BCUT2D eigenvalue weighted by atomic mass is 32.1. The predicted molar refractivity (Wildman–Crippen MR) is 77.9 cm³/mol. The Balaban J connectivity index is 1.68. The Morgan fingerprint density at radius 1 is 1.09 bits per heavy atom. The fourth-order valence-electron chi connectivity index (χ4n) is 1.91. The molecular formula is C14H10F3N3OS. The minimum atomic E-state index is -4.68. The van der Waals surface area contributed by atoms with Crippen molar-refractivity contribution in [2.75, 3.05) is 5.32 Å². The summed E-state index contributed by atoms with van der Waals surface area (Å²) in [6.45, 7) is 0.441. The summed E-state index contributed by atoms with van der Waals surface area (Å²) < 4.78 is 41.0. The van der Waals surface area contributed by atoms with E-state index < -0.39 is 6.36 Å². The molecule has 1 N–H and O–H groups in total. The van der Waals surface area contributed by atoms with Crippen LogP contribution in [0.1, 0.15) is 5.56 Å². The van der Waals surface area contributed by atoms with Crippen molar-refractivity contribution >= 4 is 27.4 Å². The fraction of sp³-hybridized carbons (Fsp3) is 0.143. The lowest BCUT2D eigenvalue weighted by Crippen LogP contribution is -2.17. The quantitative estimate of drug-likeness (QED) is 0.781. The predicted octanol–water partition coefficient (Wildman–Crippen LogP) is 4.20. The van der Waals surface area contributed by atoms with E-state index >= 15 is 0 Å². The molecule has 0 radical (unpaired) electrons. The molecule has 0 bridgehead atoms. The van der Waals surface area contributed by atoms with Gasteiger partial charge in [0.05, 0.1) is 10.2 Å². The topological polar surface area (TPSA) is 47.0 Å². The molecule has 2 aromatic heterocycles. The maximum absolute atomic E-state index is 12.1. The Hall–Kier alpha value is -2.35. The van der Waals surface area contributed by atoms with Gasteiger partial charge in [0, 0.05) is 6.54 Å². The van der Waals surface area contributed by atoms with E-state index in [2.05, 4.69) is 20.0 Å². The highest BCUT2D eigenvalue weighted by molar-refractivity contribution is 7.17. The molecule has 4 nitrogen and oxygen atoms in total. The summed E-state index contributed by atoms with van der Waals surface area (Å²) in [4.78, 5) is 8.31. The van der Waals surface area contributed by atoms with Crippen LogP contribution in [-0.4, -0.2) is 16.3 Å². The summed E-state index contributed by atoms with van der Waals surface area (Å²) in [5, 5.41) is 5.08. The lowest BCUT2D eigenvalue weighted by atomic mass is 10.2. The normalized spacial score (nSPS) is 11.6. The number of anilines is 1. The second kappa shape index (κ2) is 5.80. The average molecular weight is 325 g/mol. The van der Waals surface area contributed by atoms with E-state index in [4.69, 9.17) is 0 Å². The molecule has 8 heteroatoms. The van der Waals surface area contributed by atoms with Gasteiger partial charge in [0.15, 0.2) is 0 Å². The van der Waals surface area contributed by atoms with Gasteiger partial charge in [-0.1, -0.05) is 12.1 Å². The molecule has 3 rings (SSSR count). The second-order valence-electron chi connectivity index (χ2n) is 4.40. The molecule has 0 aliphatic carbocycles. The lowest BCUT2D eigenvalue weighted by Gasteiger charge is -2.10. The van der Waals surface area contributed by atoms with Gasteiger partial charge in [-0.25, -0.2) is 9.97 Å². The third kappa shape index (κ3) is 3.45. The van der Waals surface area contributed by atoms with E-state index in [0.717, 1.165) is 15.8 Å². The van der Waals surface area contributed by atoms with Gasteiger partial charge in [-0.2, -0.15) is 0 Å². The molecular weight excluding hydrogens is 315 g/mol. The van der Waals surface area contributed by atoms with E-state index in [0.29, 0.717) is 12.4 Å². The smallest absolute Gasteiger partial charge is 0.406 e. The number of nitrogens with zero attached hydrogens (tertiary/aromatic N) is 2. The van der Waals surface area contributed by atoms with Crippen LogP contribution in [0.5, 0.6) is 5.75 Å². The van der Waals surface area contributed by atoms with Crippen LogP contribution in [0.3, 0.4) is 0 Å². The lowest BCUT2D eigenvalue weighted by molar-refractivity contribution is -0.274. The highest BCUT2D eigenvalue weighted by Gasteiger charge is 2.30. The maximum atomic E-state index is 12.1. The minimum Gasteiger partial charge on any atom is -0.406 e. The van der Waals surface area contributed by atoms with Crippen LogP contribution in [-0.2, 0) is 6.54 Å². The van der Waals surface area contributed by atoms with Crippen molar-refractivity contribution in [1.29, 1.82) is 0 Å². The Kier molecular flexibility index (Phi) is 3.84. The Morgan fingerprint density at radius 2 is 1.86 bits per heavy atom. The SMILES string of the molecule is FC(F)(F)Oc1ccc(CNc2ncnc3ccsc23)cc1. The molecule has 0 amide bonds. The molecule has 0 saturated heterocycles. The van der Waals surface area contributed by atoms with E-state index in [9.17, 15) is 13.2 Å². The molecule has 0 spiro atoms. The molecule has 114 valence electrons. The Morgan fingerprint density at radius 3 is 2.59 bits per heavy atom. The van der Waals surface area contributed by atoms with E-state index in [1.54, 1.807) is 12.1 Å². The second-order valence-corrected chi connectivity index (χ2v) is 5.32. The monoisotopic (exact) mass is 325 g/mol. The van der Waals surface area contributed by atoms with Crippen molar-refractivity contribution < 1.29 is 17.9 Å². The van der Waals surface area contributed by atoms with E-state index in [1.807, 2.05) is 11.4 Å². The minimum absolute atomic E-state index is 0.237. The van der Waals surface area contributed by atoms with Crippen LogP contribution in [0.2, 0.25) is 0 Å². The Bertz CT molecular complexity index is 771. The van der Waals surface area contributed by atoms with Crippen LogP contribution < -0.4 is 10.1 Å². The van der Waals surface area contributed by atoms with Gasteiger partial charge in [-0.15, -0.1) is 24.5 Å². The fourth-order valence-corrected chi connectivity index (χ4v) is 2.72. The number of halogens is 3. The third-order valence-electron chi connectivity index (χ3n) is 2.86. The molecule has 0 aliphatic rings. The van der Waals surface area contributed by atoms with Crippen molar-refractivity contribution in [2.24, 2.45) is 0 Å². The standard InChI is InChI=1S/C14H10F3N3OS/c15-14(16,17)21-10-3-1-9(2-4-10)7-18-13-12-11(5-6-22-12)19-8-20-13/h1-6,8H,7H2,(H,18,19,20). The Labute approximate surface area is 127 Å². The van der Waals surface area contributed by atoms with E-state index in [1.165, 1.54) is 29.8 Å². The summed E-state index contributed by atoms with van der Waals surface area (Å²) in [5.41, 5.74) is 1.68. The summed E-state index contributed by atoms with van der Waals surface area (Å²) in [7, 11) is 0. The summed E-state index contributed by atoms with van der Waals surface area (Å²) in [6.07, 6.45) is -3.21. The molecule has 0 aliphatic heterocycles. The van der Waals surface area contributed by atoms with Gasteiger partial charge in [0.2, 0.25) is 0 Å². The average Bonchev–Trinajstić information content (AvgIpc) is 2.94. The van der Waals surface area contributed by atoms with Gasteiger partial charge < -0.3 is 10.1 Å². The number of fused-ring (bicyclic) bond motifs is 1. The largest absolute Gasteiger partial charge is 0.573 e. The van der Waals surface area contributed by atoms with Gasteiger partial charge >= 0.3 is 6.36 Å². The van der Waals surface area contributed by atoms with Crippen molar-refractivity contribution in [1.82, 2.24) is 9.97 Å². The van der Waals surface area contributed by atoms with Crippen molar-refractivity contribution in [3.63, 3.8) is 0 Å². The molecule has 2 heterocycles. The molecule has 1 aromatic carbocycles. The number of rotatable bonds is 4. The zero-order valence-electron chi connectivity index (χ0n) is 11.1. The number of ether oxygens (including phenoxy) is 1. The first kappa shape index (κ1) is 14.6. The van der Waals surface area contributed by atoms with Gasteiger partial charge in [-0.05, 0) is 29.1 Å². The van der Waals surface area contributed by atoms with Crippen LogP contribution in [0.15, 0.2) is 42.0 Å². The number of nitrogens with one attached hydrogen (secondary N) is 1. The number of benzene rings is 1. The third-order valence-corrected chi connectivity index (χ3v) is 3.77. The molecule has 0 saturated carbocycles. The maximum Gasteiger partial charge on any atom is 0.573 e. The number of aromatic nitrogens is 2. The molecule has 3 aromatic rings. The van der Waals surface area contributed by atoms with E-state index in [-0.39, 0.29) is 5.75 Å². The summed E-state index contributed by atoms with van der Waals surface area (Å²) in [5.74, 6) is 0.467. The first-order chi connectivity index (χ1) is 10.5.